The molecule has 0 saturated carbocycles. The van der Waals surface area contributed by atoms with Crippen LogP contribution in [0.2, 0.25) is 0 Å². The van der Waals surface area contributed by atoms with Crippen molar-refractivity contribution >= 4 is 11.5 Å². The van der Waals surface area contributed by atoms with Crippen LogP contribution in [0.5, 0.6) is 0 Å². The molecule has 0 aliphatic carbocycles. The van der Waals surface area contributed by atoms with E-state index >= 15 is 0 Å². The molecule has 0 fully saturated rings. The Bertz CT molecular complexity index is 354. The highest BCUT2D eigenvalue weighted by atomic mass is 15.4. The van der Waals surface area contributed by atoms with Crippen molar-refractivity contribution in [2.75, 3.05) is 17.7 Å². The zero-order valence-corrected chi connectivity index (χ0v) is 11.3. The number of nitrogen functional groups attached to an aromatic ring is 1. The van der Waals surface area contributed by atoms with Crippen molar-refractivity contribution in [3.63, 3.8) is 0 Å². The monoisotopic (exact) mass is 224 g/mol. The molecule has 1 rings (SSSR count). The first-order chi connectivity index (χ1) is 7.40. The normalized spacial score (nSPS) is 13.2. The van der Waals surface area contributed by atoms with Crippen LogP contribution < -0.4 is 10.6 Å². The van der Waals surface area contributed by atoms with Gasteiger partial charge < -0.3 is 10.6 Å². The van der Waals surface area contributed by atoms with E-state index in [1.165, 1.54) is 0 Å². The molecule has 0 aliphatic rings. The zero-order valence-electron chi connectivity index (χ0n) is 11.3. The van der Waals surface area contributed by atoms with Gasteiger partial charge in [-0.05, 0) is 19.3 Å². The van der Waals surface area contributed by atoms with E-state index in [1.807, 2.05) is 11.7 Å². The molecular weight excluding hydrogens is 200 g/mol. The molecule has 0 spiro atoms. The largest absolute Gasteiger partial charge is 0.394 e. The third kappa shape index (κ3) is 2.15. The molecule has 0 saturated heterocycles. The molecule has 0 bridgehead atoms. The smallest absolute Gasteiger partial charge is 0.150 e. The lowest BCUT2D eigenvalue weighted by molar-refractivity contribution is 0.496. The van der Waals surface area contributed by atoms with Crippen molar-refractivity contribution in [1.29, 1.82) is 0 Å². The minimum Gasteiger partial charge on any atom is -0.394 e. The van der Waals surface area contributed by atoms with E-state index in [0.717, 1.165) is 23.6 Å². The van der Waals surface area contributed by atoms with Gasteiger partial charge in [-0.15, -0.1) is 0 Å². The van der Waals surface area contributed by atoms with E-state index in [2.05, 4.69) is 44.7 Å². The van der Waals surface area contributed by atoms with Crippen molar-refractivity contribution in [2.45, 2.75) is 40.2 Å². The summed E-state index contributed by atoms with van der Waals surface area (Å²) in [4.78, 5) is 2.21. The molecule has 1 unspecified atom stereocenters. The second-order valence-corrected chi connectivity index (χ2v) is 4.76. The number of aryl methyl sites for hydroxylation is 2. The molecule has 1 heterocycles. The molecule has 1 aromatic rings. The molecular formula is C12H24N4. The first-order valence-electron chi connectivity index (χ1n) is 5.94. The lowest BCUT2D eigenvalue weighted by Crippen LogP contribution is -2.34. The van der Waals surface area contributed by atoms with Crippen LogP contribution in [0.4, 0.5) is 11.5 Å². The Morgan fingerprint density at radius 1 is 1.38 bits per heavy atom. The molecule has 1 aromatic heterocycles. The van der Waals surface area contributed by atoms with Crippen LogP contribution in [0.1, 0.15) is 33.4 Å². The fourth-order valence-electron chi connectivity index (χ4n) is 1.91. The fraction of sp³-hybridized carbons (Fsp3) is 0.750. The van der Waals surface area contributed by atoms with Gasteiger partial charge in [0.25, 0.3) is 0 Å². The highest BCUT2D eigenvalue weighted by molar-refractivity contribution is 5.66. The summed E-state index contributed by atoms with van der Waals surface area (Å²) in [6.07, 6.45) is 0.879. The lowest BCUT2D eigenvalue weighted by atomic mass is 10.1. The van der Waals surface area contributed by atoms with Gasteiger partial charge in [0.1, 0.15) is 5.82 Å². The number of nitrogens with two attached hydrogens (primary N) is 1. The van der Waals surface area contributed by atoms with Crippen molar-refractivity contribution < 1.29 is 0 Å². The minimum atomic E-state index is 0.447. The molecule has 0 amide bonds. The molecule has 0 aromatic carbocycles. The van der Waals surface area contributed by atoms with Gasteiger partial charge in [0.15, 0.2) is 0 Å². The fourth-order valence-corrected chi connectivity index (χ4v) is 1.91. The van der Waals surface area contributed by atoms with Crippen LogP contribution in [0.3, 0.4) is 0 Å². The predicted molar refractivity (Wildman–Crippen MR) is 69.7 cm³/mol. The summed E-state index contributed by atoms with van der Waals surface area (Å²) in [5.74, 6) is 1.61. The van der Waals surface area contributed by atoms with Gasteiger partial charge in [0.05, 0.1) is 11.4 Å². The number of nitrogens with zero attached hydrogens (tertiary/aromatic N) is 3. The lowest BCUT2D eigenvalue weighted by Gasteiger charge is -2.30. The summed E-state index contributed by atoms with van der Waals surface area (Å²) in [5, 5.41) is 4.44. The standard InChI is InChI=1S/C12H24N4/c1-7-10-11(13)12(16(6)14-10)15(5)9(4)8(2)3/h8-9H,7,13H2,1-6H3. The topological polar surface area (TPSA) is 47.1 Å². The Kier molecular flexibility index (Phi) is 3.83. The maximum atomic E-state index is 6.13. The maximum Gasteiger partial charge on any atom is 0.150 e. The molecule has 2 N–H and O–H groups in total. The molecule has 0 radical (unpaired) electrons. The van der Waals surface area contributed by atoms with Crippen LogP contribution in [0, 0.1) is 5.92 Å². The highest BCUT2D eigenvalue weighted by Crippen LogP contribution is 2.28. The average Bonchev–Trinajstić information content (AvgIpc) is 2.51. The summed E-state index contributed by atoms with van der Waals surface area (Å²) >= 11 is 0. The third-order valence-electron chi connectivity index (χ3n) is 3.37. The number of hydrogen-bond donors (Lipinski definition) is 1. The third-order valence-corrected chi connectivity index (χ3v) is 3.37. The minimum absolute atomic E-state index is 0.447. The average molecular weight is 224 g/mol. The Labute approximate surface area is 98.4 Å². The van der Waals surface area contributed by atoms with Crippen LogP contribution >= 0.6 is 0 Å². The van der Waals surface area contributed by atoms with Crippen molar-refractivity contribution in [3.05, 3.63) is 5.69 Å². The molecule has 4 nitrogen and oxygen atoms in total. The van der Waals surface area contributed by atoms with E-state index in [4.69, 9.17) is 5.73 Å². The van der Waals surface area contributed by atoms with Crippen molar-refractivity contribution in [1.82, 2.24) is 9.78 Å². The second-order valence-electron chi connectivity index (χ2n) is 4.76. The summed E-state index contributed by atoms with van der Waals surface area (Å²) in [5.41, 5.74) is 7.93. The van der Waals surface area contributed by atoms with E-state index < -0.39 is 0 Å². The Hall–Kier alpha value is -1.19. The molecule has 16 heavy (non-hydrogen) atoms. The van der Waals surface area contributed by atoms with Crippen LogP contribution in [-0.4, -0.2) is 22.9 Å². The quantitative estimate of drug-likeness (QED) is 0.851. The molecule has 1 atom stereocenters. The van der Waals surface area contributed by atoms with E-state index in [1.54, 1.807) is 0 Å². The Balaban J connectivity index is 3.08. The predicted octanol–water partition coefficient (Wildman–Crippen LogP) is 2.05. The van der Waals surface area contributed by atoms with Crippen molar-refractivity contribution in [3.8, 4) is 0 Å². The van der Waals surface area contributed by atoms with Crippen LogP contribution in [0.15, 0.2) is 0 Å². The first-order valence-corrected chi connectivity index (χ1v) is 5.94. The van der Waals surface area contributed by atoms with Crippen LogP contribution in [0.25, 0.3) is 0 Å². The van der Waals surface area contributed by atoms with Gasteiger partial charge >= 0.3 is 0 Å². The van der Waals surface area contributed by atoms with E-state index in [9.17, 15) is 0 Å². The number of rotatable bonds is 4. The second kappa shape index (κ2) is 4.76. The summed E-state index contributed by atoms with van der Waals surface area (Å²) in [7, 11) is 4.03. The first kappa shape index (κ1) is 12.9. The van der Waals surface area contributed by atoms with Gasteiger partial charge in [0, 0.05) is 20.1 Å². The van der Waals surface area contributed by atoms with Gasteiger partial charge in [-0.1, -0.05) is 20.8 Å². The molecule has 92 valence electrons. The van der Waals surface area contributed by atoms with Gasteiger partial charge in [-0.2, -0.15) is 5.10 Å². The SMILES string of the molecule is CCc1nn(C)c(N(C)C(C)C(C)C)c1N. The van der Waals surface area contributed by atoms with Gasteiger partial charge in [-0.25, -0.2) is 0 Å². The van der Waals surface area contributed by atoms with E-state index in [0.29, 0.717) is 12.0 Å². The number of aromatic nitrogens is 2. The molecule has 4 heteroatoms. The number of hydrogen-bond acceptors (Lipinski definition) is 3. The zero-order chi connectivity index (χ0) is 12.5. The van der Waals surface area contributed by atoms with Gasteiger partial charge in [0.2, 0.25) is 0 Å². The summed E-state index contributed by atoms with van der Waals surface area (Å²) in [6, 6.07) is 0.447. The Morgan fingerprint density at radius 3 is 2.31 bits per heavy atom. The summed E-state index contributed by atoms with van der Waals surface area (Å²) < 4.78 is 1.88. The van der Waals surface area contributed by atoms with Crippen molar-refractivity contribution in [2.24, 2.45) is 13.0 Å². The Morgan fingerprint density at radius 2 is 1.94 bits per heavy atom. The van der Waals surface area contributed by atoms with E-state index in [-0.39, 0.29) is 0 Å². The summed E-state index contributed by atoms with van der Waals surface area (Å²) in [6.45, 7) is 8.72. The highest BCUT2D eigenvalue weighted by Gasteiger charge is 2.21. The van der Waals surface area contributed by atoms with Crippen LogP contribution in [-0.2, 0) is 13.5 Å². The van der Waals surface area contributed by atoms with Gasteiger partial charge in [-0.3, -0.25) is 4.68 Å². The maximum absolute atomic E-state index is 6.13. The molecule has 0 aliphatic heterocycles. The number of anilines is 2.